The number of rotatable bonds is 5. The van der Waals surface area contributed by atoms with Gasteiger partial charge < -0.3 is 13.7 Å². The predicted molar refractivity (Wildman–Crippen MR) is 98.0 cm³/mol. The summed E-state index contributed by atoms with van der Waals surface area (Å²) in [5.41, 5.74) is 0.447. The number of hydrogen-bond donors (Lipinski definition) is 0. The minimum atomic E-state index is -2.28. The molecule has 2 aromatic heterocycles. The third-order valence-electron chi connectivity index (χ3n) is 4.00. The Kier molecular flexibility index (Phi) is 5.59. The van der Waals surface area contributed by atoms with Gasteiger partial charge in [-0.3, -0.25) is 0 Å². The molecule has 0 bridgehead atoms. The average molecular weight is 477 g/mol. The van der Waals surface area contributed by atoms with E-state index >= 15 is 0 Å². The summed E-state index contributed by atoms with van der Waals surface area (Å²) in [5, 5.41) is 4.49. The van der Waals surface area contributed by atoms with Crippen LogP contribution >= 0.6 is 23.2 Å². The maximum Gasteiger partial charge on any atom is 0.293 e. The zero-order valence-electron chi connectivity index (χ0n) is 14.9. The van der Waals surface area contributed by atoms with E-state index in [0.717, 1.165) is 0 Å². The van der Waals surface area contributed by atoms with Crippen LogP contribution in [-0.2, 0) is 6.61 Å². The van der Waals surface area contributed by atoms with Crippen LogP contribution in [0.4, 0.5) is 22.0 Å². The summed E-state index contributed by atoms with van der Waals surface area (Å²) < 4.78 is 82.1. The normalized spacial score (nSPS) is 11.2. The van der Waals surface area contributed by atoms with Gasteiger partial charge in [0.25, 0.3) is 5.89 Å². The van der Waals surface area contributed by atoms with Gasteiger partial charge >= 0.3 is 0 Å². The third kappa shape index (κ3) is 3.96. The van der Waals surface area contributed by atoms with Gasteiger partial charge in [0.1, 0.15) is 12.4 Å². The quantitative estimate of drug-likeness (QED) is 0.185. The van der Waals surface area contributed by atoms with Gasteiger partial charge in [0, 0.05) is 10.6 Å². The molecule has 4 aromatic rings. The van der Waals surface area contributed by atoms with E-state index in [-0.39, 0.29) is 28.3 Å². The number of nitrogens with zero attached hydrogens (tertiary/aromatic N) is 2. The standard InChI is InChI=1S/C19H7Cl2F5N2O3/c20-7-1-3-9(10(21)5-7)18-27-19(31-28-18)11-4-2-8(30-11)6-29-17-15(25)13(23)12(22)14(24)16(17)26/h1-5H,6H2. The van der Waals surface area contributed by atoms with Crippen molar-refractivity contribution in [3.8, 4) is 28.8 Å². The fourth-order valence-electron chi connectivity index (χ4n) is 2.53. The van der Waals surface area contributed by atoms with Gasteiger partial charge in [-0.1, -0.05) is 28.4 Å². The van der Waals surface area contributed by atoms with Gasteiger partial charge in [-0.25, -0.2) is 13.2 Å². The first-order valence-electron chi connectivity index (χ1n) is 8.28. The molecule has 31 heavy (non-hydrogen) atoms. The number of halogens is 7. The fraction of sp³-hybridized carbons (Fsp3) is 0.0526. The lowest BCUT2D eigenvalue weighted by atomic mass is 10.2. The Bertz CT molecular complexity index is 1260. The molecule has 0 aliphatic carbocycles. The molecule has 0 saturated heterocycles. The highest BCUT2D eigenvalue weighted by Gasteiger charge is 2.27. The topological polar surface area (TPSA) is 61.3 Å². The highest BCUT2D eigenvalue weighted by molar-refractivity contribution is 6.36. The van der Waals surface area contributed by atoms with Gasteiger partial charge in [-0.15, -0.1) is 0 Å². The Morgan fingerprint density at radius 2 is 1.55 bits per heavy atom. The third-order valence-corrected chi connectivity index (χ3v) is 4.55. The highest BCUT2D eigenvalue weighted by Crippen LogP contribution is 2.32. The van der Waals surface area contributed by atoms with Crippen molar-refractivity contribution in [2.24, 2.45) is 0 Å². The van der Waals surface area contributed by atoms with Crippen molar-refractivity contribution in [3.63, 3.8) is 0 Å². The van der Waals surface area contributed by atoms with Crippen molar-refractivity contribution in [1.82, 2.24) is 10.1 Å². The number of aromatic nitrogens is 2. The first kappa shape index (κ1) is 21.1. The number of hydrogen-bond acceptors (Lipinski definition) is 5. The molecule has 0 spiro atoms. The van der Waals surface area contributed by atoms with Crippen LogP contribution in [0.15, 0.2) is 39.3 Å². The van der Waals surface area contributed by atoms with Crippen molar-refractivity contribution in [1.29, 1.82) is 0 Å². The minimum absolute atomic E-state index is 0.0109. The lowest BCUT2D eigenvalue weighted by Gasteiger charge is -2.08. The van der Waals surface area contributed by atoms with Crippen LogP contribution in [0.5, 0.6) is 5.75 Å². The number of ether oxygens (including phenoxy) is 1. The van der Waals surface area contributed by atoms with Crippen LogP contribution < -0.4 is 4.74 Å². The SMILES string of the molecule is Fc1c(F)c(F)c(OCc2ccc(-c3nc(-c4ccc(Cl)cc4Cl)no3)o2)c(F)c1F. The molecule has 2 heterocycles. The van der Waals surface area contributed by atoms with E-state index in [9.17, 15) is 22.0 Å². The molecular formula is C19H7Cl2F5N2O3. The first-order chi connectivity index (χ1) is 14.8. The zero-order valence-corrected chi connectivity index (χ0v) is 16.4. The smallest absolute Gasteiger partial charge is 0.293 e. The molecule has 0 aliphatic heterocycles. The molecular weight excluding hydrogens is 470 g/mol. The van der Waals surface area contributed by atoms with E-state index < -0.39 is 41.4 Å². The van der Waals surface area contributed by atoms with E-state index in [1.807, 2.05) is 0 Å². The molecule has 0 N–H and O–H groups in total. The minimum Gasteiger partial charge on any atom is -0.479 e. The van der Waals surface area contributed by atoms with Crippen LogP contribution in [-0.4, -0.2) is 10.1 Å². The van der Waals surface area contributed by atoms with Crippen LogP contribution in [0.25, 0.3) is 23.0 Å². The Balaban J connectivity index is 1.53. The van der Waals surface area contributed by atoms with Crippen LogP contribution in [0.1, 0.15) is 5.76 Å². The molecule has 4 rings (SSSR count). The lowest BCUT2D eigenvalue weighted by Crippen LogP contribution is -2.06. The summed E-state index contributed by atoms with van der Waals surface area (Å²) in [4.78, 5) is 4.13. The summed E-state index contributed by atoms with van der Waals surface area (Å²) in [5.74, 6) is -12.0. The zero-order chi connectivity index (χ0) is 22.3. The Labute approximate surface area is 179 Å². The van der Waals surface area contributed by atoms with Crippen LogP contribution in [0.3, 0.4) is 0 Å². The molecule has 0 unspecified atom stereocenters. The van der Waals surface area contributed by atoms with E-state index in [2.05, 4.69) is 10.1 Å². The monoisotopic (exact) mass is 476 g/mol. The highest BCUT2D eigenvalue weighted by atomic mass is 35.5. The van der Waals surface area contributed by atoms with Gasteiger partial charge in [-0.2, -0.15) is 13.8 Å². The Morgan fingerprint density at radius 1 is 0.871 bits per heavy atom. The van der Waals surface area contributed by atoms with E-state index in [0.29, 0.717) is 10.6 Å². The number of benzene rings is 2. The fourth-order valence-corrected chi connectivity index (χ4v) is 3.02. The summed E-state index contributed by atoms with van der Waals surface area (Å²) in [6.45, 7) is -0.637. The molecule has 0 saturated carbocycles. The van der Waals surface area contributed by atoms with E-state index in [1.165, 1.54) is 18.2 Å². The molecule has 0 aliphatic rings. The summed E-state index contributed by atoms with van der Waals surface area (Å²) in [6, 6.07) is 7.39. The first-order valence-corrected chi connectivity index (χ1v) is 9.04. The molecule has 2 aromatic carbocycles. The predicted octanol–water partition coefficient (Wildman–Crippen LogP) is 6.58. The van der Waals surface area contributed by atoms with Crippen molar-refractivity contribution in [3.05, 3.63) is 75.2 Å². The summed E-state index contributed by atoms with van der Waals surface area (Å²) >= 11 is 11.9. The summed E-state index contributed by atoms with van der Waals surface area (Å²) in [6.07, 6.45) is 0. The molecule has 0 amide bonds. The van der Waals surface area contributed by atoms with E-state index in [4.69, 9.17) is 36.9 Å². The van der Waals surface area contributed by atoms with Gasteiger partial charge in [0.2, 0.25) is 34.9 Å². The van der Waals surface area contributed by atoms with Gasteiger partial charge in [0.15, 0.2) is 11.5 Å². The molecule has 0 atom stereocenters. The maximum absolute atomic E-state index is 13.7. The second kappa shape index (κ2) is 8.20. The van der Waals surface area contributed by atoms with Gasteiger partial charge in [-0.05, 0) is 30.3 Å². The molecule has 0 fully saturated rings. The van der Waals surface area contributed by atoms with Crippen molar-refractivity contribution in [2.45, 2.75) is 6.61 Å². The van der Waals surface area contributed by atoms with Crippen LogP contribution in [0.2, 0.25) is 10.0 Å². The molecule has 5 nitrogen and oxygen atoms in total. The Hall–Kier alpha value is -3.11. The second-order valence-electron chi connectivity index (χ2n) is 6.00. The maximum atomic E-state index is 13.7. The van der Waals surface area contributed by atoms with Crippen LogP contribution in [0, 0.1) is 29.1 Å². The lowest BCUT2D eigenvalue weighted by molar-refractivity contribution is 0.232. The van der Waals surface area contributed by atoms with Crippen molar-refractivity contribution < 1.29 is 35.6 Å². The average Bonchev–Trinajstić information content (AvgIpc) is 3.40. The molecule has 0 radical (unpaired) electrons. The largest absolute Gasteiger partial charge is 0.479 e. The van der Waals surface area contributed by atoms with Gasteiger partial charge in [0.05, 0.1) is 5.02 Å². The molecule has 12 heteroatoms. The summed E-state index contributed by atoms with van der Waals surface area (Å²) in [7, 11) is 0. The second-order valence-corrected chi connectivity index (χ2v) is 6.84. The Morgan fingerprint density at radius 3 is 2.23 bits per heavy atom. The molecule has 160 valence electrons. The van der Waals surface area contributed by atoms with Crippen molar-refractivity contribution in [2.75, 3.05) is 0 Å². The van der Waals surface area contributed by atoms with Crippen molar-refractivity contribution >= 4 is 23.2 Å². The number of furan rings is 1. The van der Waals surface area contributed by atoms with E-state index in [1.54, 1.807) is 12.1 Å².